The van der Waals surface area contributed by atoms with Crippen LogP contribution in [0, 0.1) is 29.3 Å². The quantitative estimate of drug-likeness (QED) is 0.368. The monoisotopic (exact) mass is 543 g/mol. The van der Waals surface area contributed by atoms with Crippen molar-refractivity contribution in [3.63, 3.8) is 0 Å². The molecular formula is C24H21ClF3NO6S. The lowest BCUT2D eigenvalue weighted by atomic mass is 9.77. The van der Waals surface area contributed by atoms with Crippen molar-refractivity contribution < 1.29 is 41.4 Å². The number of fused-ring (bicyclic) bond motifs is 2. The smallest absolute Gasteiger partial charge is 0.328 e. The average Bonchev–Trinajstić information content (AvgIpc) is 3.09. The number of sulfone groups is 1. The van der Waals surface area contributed by atoms with Crippen LogP contribution in [0.5, 0.6) is 0 Å². The van der Waals surface area contributed by atoms with Gasteiger partial charge in [0.1, 0.15) is 0 Å². The highest BCUT2D eigenvalue weighted by molar-refractivity contribution is 7.92. The fourth-order valence-corrected chi connectivity index (χ4v) is 8.12. The maximum absolute atomic E-state index is 13.7. The summed E-state index contributed by atoms with van der Waals surface area (Å²) in [7, 11) is -4.09. The molecule has 2 aromatic carbocycles. The van der Waals surface area contributed by atoms with Gasteiger partial charge < -0.3 is 15.5 Å². The van der Waals surface area contributed by atoms with E-state index in [0.717, 1.165) is 12.1 Å². The maximum Gasteiger partial charge on any atom is 0.328 e. The van der Waals surface area contributed by atoms with Crippen LogP contribution in [0.1, 0.15) is 36.0 Å². The molecule has 12 heteroatoms. The standard InChI is InChI=1S/C24H21ClF3NO6S/c25-16-4-3-12(23(32)29-15-8-17(26)21(28)18(27)9-15)7-19(16)36(34,35)22-13-1-2-14(22)11-24(33,10-13)6-5-20(30)31/h3-9,13-14,22,33H,1-2,10-11H2,(H,29,32)(H,30,31)/b6-5+/t13-,14?,22+,24+/m0/s1. The molecule has 0 spiro atoms. The molecule has 2 fully saturated rings. The normalized spacial score (nSPS) is 25.8. The zero-order valence-electron chi connectivity index (χ0n) is 18.5. The number of aliphatic carboxylic acids is 1. The highest BCUT2D eigenvalue weighted by Gasteiger charge is 2.53. The summed E-state index contributed by atoms with van der Waals surface area (Å²) in [6.45, 7) is 0. The third-order valence-electron chi connectivity index (χ3n) is 6.70. The Morgan fingerprint density at radius 3 is 2.19 bits per heavy atom. The number of hydrogen-bond donors (Lipinski definition) is 3. The summed E-state index contributed by atoms with van der Waals surface area (Å²) in [5, 5.41) is 20.9. The minimum atomic E-state index is -4.09. The van der Waals surface area contributed by atoms with Gasteiger partial charge in [0.15, 0.2) is 27.3 Å². The van der Waals surface area contributed by atoms with Crippen molar-refractivity contribution in [2.75, 3.05) is 5.32 Å². The number of amides is 1. The van der Waals surface area contributed by atoms with Crippen LogP contribution in [0.15, 0.2) is 47.4 Å². The van der Waals surface area contributed by atoms with Gasteiger partial charge in [-0.3, -0.25) is 4.79 Å². The van der Waals surface area contributed by atoms with Crippen LogP contribution >= 0.6 is 11.6 Å². The third-order valence-corrected chi connectivity index (χ3v) is 9.58. The van der Waals surface area contributed by atoms with Crippen molar-refractivity contribution in [1.29, 1.82) is 0 Å². The predicted molar refractivity (Wildman–Crippen MR) is 124 cm³/mol. The minimum Gasteiger partial charge on any atom is -0.478 e. The number of hydrogen-bond acceptors (Lipinski definition) is 5. The number of carboxylic acids is 1. The van der Waals surface area contributed by atoms with Crippen LogP contribution < -0.4 is 5.32 Å². The van der Waals surface area contributed by atoms with E-state index in [1.54, 1.807) is 0 Å². The van der Waals surface area contributed by atoms with E-state index >= 15 is 0 Å². The summed E-state index contributed by atoms with van der Waals surface area (Å²) in [6.07, 6.45) is 3.15. The van der Waals surface area contributed by atoms with Crippen LogP contribution in [-0.2, 0) is 14.6 Å². The fraction of sp³-hybridized carbons (Fsp3) is 0.333. The zero-order valence-corrected chi connectivity index (χ0v) is 20.1. The number of carbonyl (C=O) groups is 2. The molecule has 7 nitrogen and oxygen atoms in total. The molecule has 0 saturated heterocycles. The average molecular weight is 544 g/mol. The van der Waals surface area contributed by atoms with E-state index in [4.69, 9.17) is 16.7 Å². The van der Waals surface area contributed by atoms with Gasteiger partial charge in [-0.25, -0.2) is 26.4 Å². The summed E-state index contributed by atoms with van der Waals surface area (Å²) >= 11 is 6.20. The van der Waals surface area contributed by atoms with E-state index in [-0.39, 0.29) is 34.0 Å². The summed E-state index contributed by atoms with van der Waals surface area (Å²) in [5.74, 6) is -7.75. The molecule has 2 bridgehead atoms. The number of carbonyl (C=O) groups excluding carboxylic acids is 1. The highest BCUT2D eigenvalue weighted by Crippen LogP contribution is 2.51. The van der Waals surface area contributed by atoms with E-state index < -0.39 is 61.9 Å². The van der Waals surface area contributed by atoms with Gasteiger partial charge in [-0.05, 0) is 61.8 Å². The van der Waals surface area contributed by atoms with Gasteiger partial charge in [0.05, 0.1) is 20.8 Å². The van der Waals surface area contributed by atoms with E-state index in [9.17, 15) is 36.3 Å². The van der Waals surface area contributed by atoms with E-state index in [1.807, 2.05) is 0 Å². The van der Waals surface area contributed by atoms with Gasteiger partial charge >= 0.3 is 5.97 Å². The Bertz CT molecular complexity index is 1340. The number of halogens is 4. The van der Waals surface area contributed by atoms with Gasteiger partial charge in [-0.2, -0.15) is 0 Å². The molecule has 2 aliphatic carbocycles. The second kappa shape index (κ2) is 9.53. The predicted octanol–water partition coefficient (Wildman–Crippen LogP) is 4.34. The van der Waals surface area contributed by atoms with Crippen molar-refractivity contribution in [2.24, 2.45) is 11.8 Å². The lowest BCUT2D eigenvalue weighted by Crippen LogP contribution is -2.45. The van der Waals surface area contributed by atoms with Crippen molar-refractivity contribution >= 4 is 39.0 Å². The molecule has 4 rings (SSSR count). The minimum absolute atomic E-state index is 0.0522. The lowest BCUT2D eigenvalue weighted by molar-refractivity contribution is -0.131. The molecule has 2 aliphatic rings. The third kappa shape index (κ3) is 5.00. The van der Waals surface area contributed by atoms with Crippen LogP contribution in [0.3, 0.4) is 0 Å². The number of benzene rings is 2. The van der Waals surface area contributed by atoms with E-state index in [2.05, 4.69) is 5.32 Å². The van der Waals surface area contributed by atoms with Crippen molar-refractivity contribution in [2.45, 2.75) is 41.4 Å². The molecule has 1 unspecified atom stereocenters. The fourth-order valence-electron chi connectivity index (χ4n) is 5.28. The topological polar surface area (TPSA) is 121 Å². The summed E-state index contributed by atoms with van der Waals surface area (Å²) in [5.41, 5.74) is -1.97. The Hall–Kier alpha value is -2.89. The Labute approximate surface area is 209 Å². The molecule has 0 aromatic heterocycles. The summed E-state index contributed by atoms with van der Waals surface area (Å²) in [4.78, 5) is 23.2. The zero-order chi connectivity index (χ0) is 26.4. The number of carboxylic acid groups (broad SMARTS) is 1. The van der Waals surface area contributed by atoms with Crippen LogP contribution in [0.25, 0.3) is 0 Å². The van der Waals surface area contributed by atoms with E-state index in [0.29, 0.717) is 25.0 Å². The molecule has 2 saturated carbocycles. The molecule has 0 aliphatic heterocycles. The van der Waals surface area contributed by atoms with Crippen molar-refractivity contribution in [3.8, 4) is 0 Å². The summed E-state index contributed by atoms with van der Waals surface area (Å²) < 4.78 is 67.5. The number of anilines is 1. The molecule has 192 valence electrons. The van der Waals surface area contributed by atoms with Gasteiger partial charge in [-0.15, -0.1) is 0 Å². The molecule has 3 N–H and O–H groups in total. The largest absolute Gasteiger partial charge is 0.478 e. The summed E-state index contributed by atoms with van der Waals surface area (Å²) in [6, 6.07) is 4.69. The van der Waals surface area contributed by atoms with Gasteiger partial charge in [-0.1, -0.05) is 11.6 Å². The van der Waals surface area contributed by atoms with Gasteiger partial charge in [0, 0.05) is 29.5 Å². The molecule has 0 heterocycles. The molecule has 0 radical (unpaired) electrons. The SMILES string of the molecule is O=C(O)/C=C/[C@]1(O)CC2CC[C@@H](C1)[C@H]2S(=O)(=O)c1cc(C(=O)Nc2cc(F)c(F)c(F)c2)ccc1Cl. The molecule has 1 amide bonds. The Kier molecular flexibility index (Phi) is 6.93. The number of rotatable bonds is 6. The first-order valence-corrected chi connectivity index (χ1v) is 12.9. The molecule has 4 atom stereocenters. The number of nitrogens with one attached hydrogen (secondary N) is 1. The number of aliphatic hydroxyl groups is 1. The lowest BCUT2D eigenvalue weighted by Gasteiger charge is -2.39. The first-order valence-electron chi connectivity index (χ1n) is 10.9. The Balaban J connectivity index is 1.61. The molecule has 2 aromatic rings. The first-order chi connectivity index (χ1) is 16.8. The second-order valence-corrected chi connectivity index (χ2v) is 11.6. The molecular weight excluding hydrogens is 523 g/mol. The Morgan fingerprint density at radius 2 is 1.64 bits per heavy atom. The van der Waals surface area contributed by atoms with Gasteiger partial charge in [0.2, 0.25) is 0 Å². The van der Waals surface area contributed by atoms with Crippen LogP contribution in [0.2, 0.25) is 5.02 Å². The van der Waals surface area contributed by atoms with E-state index in [1.165, 1.54) is 18.2 Å². The maximum atomic E-state index is 13.7. The van der Waals surface area contributed by atoms with Crippen LogP contribution in [-0.4, -0.2) is 41.4 Å². The second-order valence-electron chi connectivity index (χ2n) is 9.14. The molecule has 36 heavy (non-hydrogen) atoms. The van der Waals surface area contributed by atoms with Crippen LogP contribution in [0.4, 0.5) is 18.9 Å². The van der Waals surface area contributed by atoms with Crippen molar-refractivity contribution in [3.05, 3.63) is 70.5 Å². The highest BCUT2D eigenvalue weighted by atomic mass is 35.5. The first kappa shape index (κ1) is 26.2. The van der Waals surface area contributed by atoms with Crippen molar-refractivity contribution in [1.82, 2.24) is 0 Å². The van der Waals surface area contributed by atoms with Gasteiger partial charge in [0.25, 0.3) is 5.91 Å². The Morgan fingerprint density at radius 1 is 1.06 bits per heavy atom.